The van der Waals surface area contributed by atoms with Crippen molar-refractivity contribution in [3.63, 3.8) is 0 Å². The minimum absolute atomic E-state index is 0.0584. The fraction of sp³-hybridized carbons (Fsp3) is 0.211. The summed E-state index contributed by atoms with van der Waals surface area (Å²) in [4.78, 5) is 8.54. The summed E-state index contributed by atoms with van der Waals surface area (Å²) < 4.78 is 39.6. The third kappa shape index (κ3) is 3.28. The van der Waals surface area contributed by atoms with Crippen LogP contribution >= 0.6 is 0 Å². The van der Waals surface area contributed by atoms with Crippen molar-refractivity contribution >= 4 is 26.8 Å². The van der Waals surface area contributed by atoms with Crippen LogP contribution in [0.5, 0.6) is 0 Å². The molecular weight excluding hydrogens is 367 g/mol. The molecule has 1 atom stereocenters. The van der Waals surface area contributed by atoms with E-state index in [1.807, 2.05) is 18.2 Å². The molecule has 0 spiro atoms. The van der Waals surface area contributed by atoms with Crippen LogP contribution in [0.3, 0.4) is 0 Å². The van der Waals surface area contributed by atoms with Gasteiger partial charge >= 0.3 is 0 Å². The van der Waals surface area contributed by atoms with Crippen molar-refractivity contribution in [2.24, 2.45) is 5.10 Å². The van der Waals surface area contributed by atoms with E-state index >= 15 is 0 Å². The van der Waals surface area contributed by atoms with Crippen LogP contribution < -0.4 is 0 Å². The van der Waals surface area contributed by atoms with Gasteiger partial charge in [0.1, 0.15) is 5.82 Å². The molecule has 0 N–H and O–H groups in total. The number of benzene rings is 2. The normalized spacial score (nSPS) is 17.3. The zero-order valence-electron chi connectivity index (χ0n) is 14.6. The topological polar surface area (TPSA) is 75.5 Å². The number of fused-ring (bicyclic) bond motifs is 1. The van der Waals surface area contributed by atoms with Crippen LogP contribution in [0.15, 0.2) is 60.0 Å². The Labute approximate surface area is 156 Å². The Morgan fingerprint density at radius 1 is 1.07 bits per heavy atom. The van der Waals surface area contributed by atoms with E-state index in [0.29, 0.717) is 23.2 Å². The Morgan fingerprint density at radius 3 is 2.48 bits per heavy atom. The lowest BCUT2D eigenvalue weighted by Crippen LogP contribution is -2.28. The molecule has 0 fully saturated rings. The molecule has 1 aliphatic heterocycles. The van der Waals surface area contributed by atoms with Gasteiger partial charge in [-0.25, -0.2) is 12.8 Å². The molecule has 0 saturated heterocycles. The van der Waals surface area contributed by atoms with E-state index in [2.05, 4.69) is 15.1 Å². The molecule has 2 heterocycles. The highest BCUT2D eigenvalue weighted by Gasteiger charge is 2.36. The van der Waals surface area contributed by atoms with Crippen molar-refractivity contribution in [2.45, 2.75) is 19.4 Å². The third-order valence-electron chi connectivity index (χ3n) is 4.58. The maximum Gasteiger partial charge on any atom is 0.250 e. The van der Waals surface area contributed by atoms with Gasteiger partial charge in [0.25, 0.3) is 0 Å². The molecule has 6 nitrogen and oxygen atoms in total. The van der Waals surface area contributed by atoms with Crippen molar-refractivity contribution in [3.05, 3.63) is 71.8 Å². The Bertz CT molecular complexity index is 1130. The van der Waals surface area contributed by atoms with Crippen LogP contribution in [0.25, 0.3) is 11.0 Å². The van der Waals surface area contributed by atoms with E-state index in [1.54, 1.807) is 31.5 Å². The van der Waals surface area contributed by atoms with Crippen molar-refractivity contribution in [3.8, 4) is 0 Å². The van der Waals surface area contributed by atoms with Crippen LogP contribution in [-0.2, 0) is 10.0 Å². The number of nitrogens with zero attached hydrogens (tertiary/aromatic N) is 4. The second-order valence-corrected chi connectivity index (χ2v) is 8.37. The first-order chi connectivity index (χ1) is 13.0. The second kappa shape index (κ2) is 6.70. The van der Waals surface area contributed by atoms with Gasteiger partial charge in [-0.2, -0.15) is 9.52 Å². The lowest BCUT2D eigenvalue weighted by atomic mass is 9.99. The predicted octanol–water partition coefficient (Wildman–Crippen LogP) is 3.27. The van der Waals surface area contributed by atoms with Gasteiger partial charge in [-0.05, 0) is 42.3 Å². The minimum atomic E-state index is -3.56. The van der Waals surface area contributed by atoms with E-state index in [9.17, 15) is 12.8 Å². The van der Waals surface area contributed by atoms with E-state index in [1.165, 1.54) is 16.5 Å². The number of aromatic nitrogens is 2. The van der Waals surface area contributed by atoms with Crippen LogP contribution in [0, 0.1) is 5.82 Å². The molecular formula is C19H17FN4O2S. The summed E-state index contributed by atoms with van der Waals surface area (Å²) in [7, 11) is -3.56. The van der Waals surface area contributed by atoms with Crippen molar-refractivity contribution in [2.75, 3.05) is 5.75 Å². The maximum atomic E-state index is 13.2. The Morgan fingerprint density at radius 2 is 1.78 bits per heavy atom. The molecule has 2 aromatic carbocycles. The molecule has 0 amide bonds. The molecule has 138 valence electrons. The molecule has 4 rings (SSSR count). The smallest absolute Gasteiger partial charge is 0.250 e. The average molecular weight is 384 g/mol. The maximum absolute atomic E-state index is 13.2. The predicted molar refractivity (Wildman–Crippen MR) is 101 cm³/mol. The SMILES string of the molecule is CCS(=O)(=O)N1N=C(c2ccc(F)cc2)C[C@H]1c1ccc2nccnc2c1. The summed E-state index contributed by atoms with van der Waals surface area (Å²) >= 11 is 0. The summed E-state index contributed by atoms with van der Waals surface area (Å²) in [6.45, 7) is 1.59. The number of hydrogen-bond donors (Lipinski definition) is 0. The Kier molecular flexibility index (Phi) is 4.35. The zero-order chi connectivity index (χ0) is 19.0. The lowest BCUT2D eigenvalue weighted by molar-refractivity contribution is 0.372. The summed E-state index contributed by atoms with van der Waals surface area (Å²) in [6.07, 6.45) is 3.61. The number of hydrogen-bond acceptors (Lipinski definition) is 5. The minimum Gasteiger partial charge on any atom is -0.253 e. The van der Waals surface area contributed by atoms with Gasteiger partial charge in [-0.15, -0.1) is 0 Å². The van der Waals surface area contributed by atoms with Crippen molar-refractivity contribution in [1.82, 2.24) is 14.4 Å². The second-order valence-electron chi connectivity index (χ2n) is 6.25. The van der Waals surface area contributed by atoms with Crippen molar-refractivity contribution < 1.29 is 12.8 Å². The highest BCUT2D eigenvalue weighted by Crippen LogP contribution is 2.35. The number of hydrazone groups is 1. The van der Waals surface area contributed by atoms with E-state index in [4.69, 9.17) is 0 Å². The molecule has 1 aliphatic rings. The Hall–Kier alpha value is -2.87. The molecule has 0 saturated carbocycles. The van der Waals surface area contributed by atoms with Crippen LogP contribution in [-0.4, -0.2) is 34.3 Å². The van der Waals surface area contributed by atoms with Gasteiger partial charge in [0.05, 0.1) is 28.5 Å². The van der Waals surface area contributed by atoms with E-state index in [-0.39, 0.29) is 11.6 Å². The standard InChI is InChI=1S/C19H17FN4O2S/c1-2-27(25,26)24-19(12-17(23-24)13-3-6-15(20)7-4-13)14-5-8-16-18(11-14)22-10-9-21-16/h3-11,19H,2,12H2,1H3/t19-/m0/s1. The molecule has 0 aliphatic carbocycles. The van der Waals surface area contributed by atoms with Crippen LogP contribution in [0.2, 0.25) is 0 Å². The van der Waals surface area contributed by atoms with Gasteiger partial charge in [0.15, 0.2) is 0 Å². The number of halogens is 1. The van der Waals surface area contributed by atoms with Crippen molar-refractivity contribution in [1.29, 1.82) is 0 Å². The Balaban J connectivity index is 1.77. The summed E-state index contributed by atoms with van der Waals surface area (Å²) in [6, 6.07) is 11.0. The molecule has 3 aromatic rings. The summed E-state index contributed by atoms with van der Waals surface area (Å²) in [5.74, 6) is -0.406. The molecule has 27 heavy (non-hydrogen) atoms. The van der Waals surface area contributed by atoms with Crippen LogP contribution in [0.1, 0.15) is 30.5 Å². The van der Waals surface area contributed by atoms with E-state index in [0.717, 1.165) is 11.1 Å². The van der Waals surface area contributed by atoms with Gasteiger partial charge in [-0.1, -0.05) is 18.2 Å². The number of rotatable bonds is 4. The van der Waals surface area contributed by atoms with E-state index < -0.39 is 16.1 Å². The van der Waals surface area contributed by atoms with Crippen LogP contribution in [0.4, 0.5) is 4.39 Å². The molecule has 8 heteroatoms. The zero-order valence-corrected chi connectivity index (χ0v) is 15.4. The molecule has 0 radical (unpaired) electrons. The average Bonchev–Trinajstić information content (AvgIpc) is 3.14. The van der Waals surface area contributed by atoms with Gasteiger partial charge < -0.3 is 0 Å². The largest absolute Gasteiger partial charge is 0.253 e. The fourth-order valence-corrected chi connectivity index (χ4v) is 4.20. The summed E-state index contributed by atoms with van der Waals surface area (Å²) in [5, 5.41) is 4.37. The van der Waals surface area contributed by atoms with Gasteiger partial charge in [0.2, 0.25) is 10.0 Å². The van der Waals surface area contributed by atoms with Gasteiger partial charge in [-0.3, -0.25) is 9.97 Å². The first kappa shape index (κ1) is 17.5. The van der Waals surface area contributed by atoms with Gasteiger partial charge in [0, 0.05) is 18.8 Å². The summed E-state index contributed by atoms with van der Waals surface area (Å²) in [5.41, 5.74) is 3.54. The third-order valence-corrected chi connectivity index (χ3v) is 6.21. The molecule has 0 bridgehead atoms. The lowest BCUT2D eigenvalue weighted by Gasteiger charge is -2.22. The fourth-order valence-electron chi connectivity index (χ4n) is 3.13. The number of sulfonamides is 1. The first-order valence-corrected chi connectivity index (χ1v) is 10.1. The monoisotopic (exact) mass is 384 g/mol. The first-order valence-electron chi connectivity index (χ1n) is 8.54. The highest BCUT2D eigenvalue weighted by molar-refractivity contribution is 7.89. The molecule has 1 aromatic heterocycles. The highest BCUT2D eigenvalue weighted by atomic mass is 32.2. The molecule has 0 unspecified atom stereocenters. The quantitative estimate of drug-likeness (QED) is 0.692.